The number of hydrogen-bond donors (Lipinski definition) is 0. The lowest BCUT2D eigenvalue weighted by molar-refractivity contribution is 0.0641. The van der Waals surface area contributed by atoms with Crippen molar-refractivity contribution < 1.29 is 17.9 Å². The maximum atomic E-state index is 13.0. The zero-order chi connectivity index (χ0) is 20.3. The van der Waals surface area contributed by atoms with Crippen LogP contribution >= 0.6 is 11.6 Å². The van der Waals surface area contributed by atoms with Gasteiger partial charge in [0.1, 0.15) is 21.9 Å². The van der Waals surface area contributed by atoms with Crippen LogP contribution in [0.2, 0.25) is 5.02 Å². The lowest BCUT2D eigenvalue weighted by atomic mass is 10.1. The van der Waals surface area contributed by atoms with Crippen molar-refractivity contribution in [3.05, 3.63) is 29.0 Å². The molecule has 28 heavy (non-hydrogen) atoms. The number of ether oxygens (including phenoxy) is 1. The number of amides is 1. The van der Waals surface area contributed by atoms with Crippen molar-refractivity contribution >= 4 is 27.3 Å². The van der Waals surface area contributed by atoms with Gasteiger partial charge in [0.05, 0.1) is 29.1 Å². The van der Waals surface area contributed by atoms with Gasteiger partial charge in [-0.25, -0.2) is 8.42 Å². The van der Waals surface area contributed by atoms with Gasteiger partial charge in [-0.2, -0.15) is 4.68 Å². The number of tetrazole rings is 1. The monoisotopic (exact) mass is 428 g/mol. The van der Waals surface area contributed by atoms with E-state index in [1.54, 1.807) is 17.0 Å². The summed E-state index contributed by atoms with van der Waals surface area (Å²) in [6.45, 7) is 2.69. The fraction of sp³-hybridized carbons (Fsp3) is 0.500. The first kappa shape index (κ1) is 20.5. The molecule has 2 heterocycles. The molecule has 0 N–H and O–H groups in total. The fourth-order valence-corrected chi connectivity index (χ4v) is 3.81. The second kappa shape index (κ2) is 8.41. The van der Waals surface area contributed by atoms with Gasteiger partial charge in [0.25, 0.3) is 5.91 Å². The van der Waals surface area contributed by atoms with Crippen molar-refractivity contribution in [2.75, 3.05) is 51.8 Å². The number of sulfone groups is 1. The van der Waals surface area contributed by atoms with Gasteiger partial charge >= 0.3 is 0 Å². The van der Waals surface area contributed by atoms with Crippen LogP contribution in [0.5, 0.6) is 5.75 Å². The Balaban J connectivity index is 1.72. The zero-order valence-electron chi connectivity index (χ0n) is 15.6. The Kier molecular flexibility index (Phi) is 6.16. The van der Waals surface area contributed by atoms with E-state index in [4.69, 9.17) is 16.3 Å². The number of hydrogen-bond acceptors (Lipinski definition) is 8. The van der Waals surface area contributed by atoms with Crippen LogP contribution in [-0.4, -0.2) is 96.2 Å². The Morgan fingerprint density at radius 1 is 1.25 bits per heavy atom. The highest BCUT2D eigenvalue weighted by atomic mass is 35.5. The van der Waals surface area contributed by atoms with Crippen molar-refractivity contribution in [3.8, 4) is 11.4 Å². The number of carbonyl (C=O) groups excluding carboxylic acids is 1. The van der Waals surface area contributed by atoms with E-state index in [0.717, 1.165) is 0 Å². The second-order valence-corrected chi connectivity index (χ2v) is 9.19. The average molecular weight is 429 g/mol. The van der Waals surface area contributed by atoms with Gasteiger partial charge in [0, 0.05) is 45.0 Å². The number of nitrogens with zero attached hydrogens (tertiary/aromatic N) is 6. The van der Waals surface area contributed by atoms with E-state index in [1.807, 2.05) is 4.90 Å². The van der Waals surface area contributed by atoms with Gasteiger partial charge in [0.2, 0.25) is 0 Å². The molecule has 2 aromatic rings. The van der Waals surface area contributed by atoms with E-state index in [9.17, 15) is 13.2 Å². The lowest BCUT2D eigenvalue weighted by Crippen LogP contribution is -2.49. The van der Waals surface area contributed by atoms with Gasteiger partial charge < -0.3 is 9.64 Å². The van der Waals surface area contributed by atoms with E-state index >= 15 is 0 Å². The Morgan fingerprint density at radius 3 is 2.54 bits per heavy atom. The number of rotatable bonds is 6. The number of carbonyl (C=O) groups is 1. The molecule has 1 aliphatic rings. The van der Waals surface area contributed by atoms with Crippen LogP contribution in [0.25, 0.3) is 5.69 Å². The summed E-state index contributed by atoms with van der Waals surface area (Å²) in [5, 5.41) is 11.3. The van der Waals surface area contributed by atoms with Crippen LogP contribution in [0.15, 0.2) is 18.5 Å². The van der Waals surface area contributed by atoms with E-state index < -0.39 is 9.84 Å². The maximum absolute atomic E-state index is 13.0. The number of halogens is 1. The first-order valence-electron chi connectivity index (χ1n) is 8.59. The third-order valence-electron chi connectivity index (χ3n) is 4.53. The summed E-state index contributed by atoms with van der Waals surface area (Å²) in [5.74, 6) is 0.298. The van der Waals surface area contributed by atoms with Crippen LogP contribution in [0.3, 0.4) is 0 Å². The quantitative estimate of drug-likeness (QED) is 0.638. The molecular formula is C16H21ClN6O4S. The summed E-state index contributed by atoms with van der Waals surface area (Å²) in [7, 11) is -1.52. The van der Waals surface area contributed by atoms with Crippen molar-refractivity contribution in [3.63, 3.8) is 0 Å². The minimum Gasteiger partial charge on any atom is -0.496 e. The first-order valence-corrected chi connectivity index (χ1v) is 11.0. The summed E-state index contributed by atoms with van der Waals surface area (Å²) in [5.41, 5.74) is 0.861. The summed E-state index contributed by atoms with van der Waals surface area (Å²) in [4.78, 5) is 16.7. The summed E-state index contributed by atoms with van der Waals surface area (Å²) < 4.78 is 29.4. The van der Waals surface area contributed by atoms with Crippen LogP contribution < -0.4 is 4.74 Å². The molecule has 152 valence electrons. The van der Waals surface area contributed by atoms with Crippen LogP contribution in [0, 0.1) is 0 Å². The standard InChI is InChI=1S/C16H21ClN6O4S/c1-27-15-10-14(23-11-18-19-20-23)13(17)9-12(15)16(24)22-5-3-21(4-6-22)7-8-28(2,25)26/h9-11H,3-8H2,1-2H3. The third kappa shape index (κ3) is 4.78. The highest BCUT2D eigenvalue weighted by Crippen LogP contribution is 2.30. The molecule has 1 fully saturated rings. The van der Waals surface area contributed by atoms with Crippen molar-refractivity contribution in [1.29, 1.82) is 0 Å². The number of aromatic nitrogens is 4. The highest BCUT2D eigenvalue weighted by Gasteiger charge is 2.26. The van der Waals surface area contributed by atoms with Crippen LogP contribution in [-0.2, 0) is 9.84 Å². The normalized spacial score (nSPS) is 15.6. The Morgan fingerprint density at radius 2 is 1.96 bits per heavy atom. The fourth-order valence-electron chi connectivity index (χ4n) is 2.97. The van der Waals surface area contributed by atoms with Crippen molar-refractivity contribution in [2.45, 2.75) is 0 Å². The maximum Gasteiger partial charge on any atom is 0.257 e. The molecule has 12 heteroatoms. The van der Waals surface area contributed by atoms with Gasteiger partial charge in [-0.3, -0.25) is 9.69 Å². The Labute approximate surface area is 167 Å². The van der Waals surface area contributed by atoms with Crippen LogP contribution in [0.4, 0.5) is 0 Å². The summed E-state index contributed by atoms with van der Waals surface area (Å²) in [6.07, 6.45) is 2.62. The van der Waals surface area contributed by atoms with Crippen LogP contribution in [0.1, 0.15) is 10.4 Å². The molecule has 0 saturated carbocycles. The number of piperazine rings is 1. The van der Waals surface area contributed by atoms with Gasteiger partial charge in [0.15, 0.2) is 0 Å². The van der Waals surface area contributed by atoms with E-state index in [-0.39, 0.29) is 11.7 Å². The zero-order valence-corrected chi connectivity index (χ0v) is 17.1. The molecule has 0 radical (unpaired) electrons. The topological polar surface area (TPSA) is 111 Å². The van der Waals surface area contributed by atoms with Gasteiger partial charge in [-0.15, -0.1) is 5.10 Å². The van der Waals surface area contributed by atoms with Crippen molar-refractivity contribution in [1.82, 2.24) is 30.0 Å². The molecule has 3 rings (SSSR count). The minimum atomic E-state index is -3.00. The second-order valence-electron chi connectivity index (χ2n) is 6.52. The molecule has 0 spiro atoms. The number of benzene rings is 1. The molecule has 1 aliphatic heterocycles. The molecule has 1 saturated heterocycles. The number of methoxy groups -OCH3 is 1. The third-order valence-corrected chi connectivity index (χ3v) is 5.76. The molecular weight excluding hydrogens is 408 g/mol. The van der Waals surface area contributed by atoms with E-state index in [1.165, 1.54) is 24.4 Å². The molecule has 0 aliphatic carbocycles. The molecule has 1 aromatic heterocycles. The predicted octanol–water partition coefficient (Wildman–Crippen LogP) is 0.127. The molecule has 1 amide bonds. The summed E-state index contributed by atoms with van der Waals surface area (Å²) in [6, 6.07) is 3.17. The molecule has 0 atom stereocenters. The van der Waals surface area contributed by atoms with E-state index in [0.29, 0.717) is 54.7 Å². The average Bonchev–Trinajstić information content (AvgIpc) is 3.20. The smallest absolute Gasteiger partial charge is 0.257 e. The van der Waals surface area contributed by atoms with Gasteiger partial charge in [-0.1, -0.05) is 11.6 Å². The van der Waals surface area contributed by atoms with Crippen molar-refractivity contribution in [2.24, 2.45) is 0 Å². The SMILES string of the molecule is COc1cc(-n2cnnn2)c(Cl)cc1C(=O)N1CCN(CCS(C)(=O)=O)CC1. The first-order chi connectivity index (χ1) is 13.3. The van der Waals surface area contributed by atoms with Gasteiger partial charge in [-0.05, 0) is 16.5 Å². The largest absolute Gasteiger partial charge is 0.496 e. The molecule has 0 unspecified atom stereocenters. The highest BCUT2D eigenvalue weighted by molar-refractivity contribution is 7.90. The molecule has 10 nitrogen and oxygen atoms in total. The predicted molar refractivity (Wildman–Crippen MR) is 103 cm³/mol. The Hall–Kier alpha value is -2.24. The van der Waals surface area contributed by atoms with E-state index in [2.05, 4.69) is 15.5 Å². The Bertz CT molecular complexity index is 942. The summed E-state index contributed by atoms with van der Waals surface area (Å²) >= 11 is 6.33. The molecule has 0 bridgehead atoms. The lowest BCUT2D eigenvalue weighted by Gasteiger charge is -2.34. The molecule has 1 aromatic carbocycles. The minimum absolute atomic E-state index is 0.114.